The van der Waals surface area contributed by atoms with Crippen LogP contribution < -0.4 is 11.1 Å². The molecule has 0 aromatic carbocycles. The van der Waals surface area contributed by atoms with Crippen LogP contribution in [0.4, 0.5) is 5.69 Å². The van der Waals surface area contributed by atoms with Gasteiger partial charge in [0.2, 0.25) is 5.91 Å². The normalized spacial score (nSPS) is 12.5. The second kappa shape index (κ2) is 6.82. The maximum Gasteiger partial charge on any atom is 0.225 e. The zero-order valence-corrected chi connectivity index (χ0v) is 15.0. The van der Waals surface area contributed by atoms with E-state index in [-0.39, 0.29) is 11.8 Å². The van der Waals surface area contributed by atoms with Gasteiger partial charge in [0, 0.05) is 35.3 Å². The lowest BCUT2D eigenvalue weighted by atomic mass is 10.0. The van der Waals surface area contributed by atoms with Crippen LogP contribution in [0.2, 0.25) is 0 Å². The first kappa shape index (κ1) is 16.2. The predicted molar refractivity (Wildman–Crippen MR) is 97.9 cm³/mol. The number of amides is 1. The van der Waals surface area contributed by atoms with Crippen LogP contribution in [-0.4, -0.2) is 22.4 Å². The van der Waals surface area contributed by atoms with Crippen molar-refractivity contribution in [3.8, 4) is 0 Å². The highest BCUT2D eigenvalue weighted by molar-refractivity contribution is 9.11. The highest BCUT2D eigenvalue weighted by Gasteiger charge is 2.17. The molecular formula is C16H17BrN4OS. The summed E-state index contributed by atoms with van der Waals surface area (Å²) < 4.78 is 1.05. The number of thiophene rings is 1. The lowest BCUT2D eigenvalue weighted by molar-refractivity contribution is -0.116. The number of aromatic amines is 1. The molecule has 0 spiro atoms. The molecule has 1 atom stereocenters. The van der Waals surface area contributed by atoms with Gasteiger partial charge >= 0.3 is 0 Å². The second-order valence-electron chi connectivity index (χ2n) is 5.36. The average Bonchev–Trinajstić information content (AvgIpc) is 3.17. The molecule has 0 radical (unpaired) electrons. The molecule has 0 fully saturated rings. The van der Waals surface area contributed by atoms with E-state index < -0.39 is 0 Å². The van der Waals surface area contributed by atoms with Gasteiger partial charge in [0.15, 0.2) is 0 Å². The number of rotatable bonds is 5. The van der Waals surface area contributed by atoms with Crippen LogP contribution in [0.1, 0.15) is 22.8 Å². The molecule has 7 heteroatoms. The van der Waals surface area contributed by atoms with Gasteiger partial charge in [-0.15, -0.1) is 11.3 Å². The minimum Gasteiger partial charge on any atom is -0.346 e. The molecule has 23 heavy (non-hydrogen) atoms. The number of carbonyl (C=O) groups is 1. The fourth-order valence-electron chi connectivity index (χ4n) is 2.54. The Balaban J connectivity index is 1.73. The van der Waals surface area contributed by atoms with Crippen molar-refractivity contribution in [2.75, 3.05) is 11.9 Å². The van der Waals surface area contributed by atoms with Gasteiger partial charge in [0.1, 0.15) is 5.65 Å². The number of hydrogen-bond donors (Lipinski definition) is 3. The first-order chi connectivity index (χ1) is 11.1. The Hall–Kier alpha value is -1.70. The zero-order valence-electron chi connectivity index (χ0n) is 12.6. The van der Waals surface area contributed by atoms with E-state index in [0.29, 0.717) is 13.0 Å². The Labute approximate surface area is 146 Å². The third-order valence-corrected chi connectivity index (χ3v) is 5.63. The quantitative estimate of drug-likeness (QED) is 0.617. The second-order valence-corrected chi connectivity index (χ2v) is 7.86. The molecule has 120 valence electrons. The van der Waals surface area contributed by atoms with Crippen LogP contribution in [0.15, 0.2) is 34.4 Å². The van der Waals surface area contributed by atoms with Crippen LogP contribution >= 0.6 is 27.3 Å². The van der Waals surface area contributed by atoms with Crippen molar-refractivity contribution in [2.45, 2.75) is 19.3 Å². The molecule has 3 aromatic heterocycles. The molecule has 5 nitrogen and oxygen atoms in total. The zero-order chi connectivity index (χ0) is 16.4. The van der Waals surface area contributed by atoms with E-state index in [1.54, 1.807) is 17.5 Å². The van der Waals surface area contributed by atoms with Gasteiger partial charge in [-0.05, 0) is 46.6 Å². The van der Waals surface area contributed by atoms with Gasteiger partial charge in [-0.2, -0.15) is 0 Å². The number of aryl methyl sites for hydroxylation is 1. The molecule has 0 saturated carbocycles. The van der Waals surface area contributed by atoms with Crippen molar-refractivity contribution in [3.05, 3.63) is 44.8 Å². The van der Waals surface area contributed by atoms with E-state index in [4.69, 9.17) is 5.73 Å². The number of nitrogens with two attached hydrogens (primary N) is 1. The monoisotopic (exact) mass is 392 g/mol. The Kier molecular flexibility index (Phi) is 4.79. The number of nitrogens with one attached hydrogen (secondary N) is 2. The minimum absolute atomic E-state index is 0.0237. The number of halogens is 1. The fraction of sp³-hybridized carbons (Fsp3) is 0.250. The third-order valence-electron chi connectivity index (χ3n) is 3.84. The van der Waals surface area contributed by atoms with Crippen LogP contribution in [0, 0.1) is 6.92 Å². The fourth-order valence-corrected chi connectivity index (χ4v) is 4.08. The Bertz CT molecular complexity index is 842. The number of anilines is 1. The van der Waals surface area contributed by atoms with Crippen molar-refractivity contribution >= 4 is 49.9 Å². The summed E-state index contributed by atoms with van der Waals surface area (Å²) in [4.78, 5) is 20.9. The Morgan fingerprint density at radius 3 is 3.00 bits per heavy atom. The van der Waals surface area contributed by atoms with Crippen molar-refractivity contribution in [2.24, 2.45) is 5.73 Å². The van der Waals surface area contributed by atoms with Crippen molar-refractivity contribution < 1.29 is 4.79 Å². The van der Waals surface area contributed by atoms with Crippen LogP contribution in [0.3, 0.4) is 0 Å². The van der Waals surface area contributed by atoms with Crippen LogP contribution in [0.25, 0.3) is 11.0 Å². The number of hydrogen-bond acceptors (Lipinski definition) is 4. The molecule has 0 bridgehead atoms. The molecule has 4 N–H and O–H groups in total. The minimum atomic E-state index is -0.0511. The van der Waals surface area contributed by atoms with E-state index in [1.165, 1.54) is 0 Å². The smallest absolute Gasteiger partial charge is 0.225 e. The van der Waals surface area contributed by atoms with E-state index in [0.717, 1.165) is 30.9 Å². The molecule has 0 aliphatic carbocycles. The maximum absolute atomic E-state index is 12.4. The molecule has 1 amide bonds. The Morgan fingerprint density at radius 1 is 1.48 bits per heavy atom. The summed E-state index contributed by atoms with van der Waals surface area (Å²) >= 11 is 5.06. The highest BCUT2D eigenvalue weighted by Crippen LogP contribution is 2.30. The molecule has 0 saturated heterocycles. The number of carbonyl (C=O) groups excluding carboxylic acids is 1. The first-order valence-corrected chi connectivity index (χ1v) is 8.87. The number of nitrogens with zero attached hydrogens (tertiary/aromatic N) is 1. The summed E-state index contributed by atoms with van der Waals surface area (Å²) in [5.41, 5.74) is 8.41. The van der Waals surface area contributed by atoms with Crippen LogP contribution in [0.5, 0.6) is 0 Å². The average molecular weight is 393 g/mol. The van der Waals surface area contributed by atoms with Crippen molar-refractivity contribution in [3.63, 3.8) is 0 Å². The van der Waals surface area contributed by atoms with Gasteiger partial charge < -0.3 is 16.0 Å². The summed E-state index contributed by atoms with van der Waals surface area (Å²) in [6.45, 7) is 2.42. The predicted octanol–water partition coefficient (Wildman–Crippen LogP) is 3.77. The van der Waals surface area contributed by atoms with Gasteiger partial charge in [-0.1, -0.05) is 0 Å². The highest BCUT2D eigenvalue weighted by atomic mass is 79.9. The van der Waals surface area contributed by atoms with Gasteiger partial charge in [0.05, 0.1) is 15.7 Å². The maximum atomic E-state index is 12.4. The SMILES string of the molecule is Cc1c(NC(=O)CC(CN)c2ccc(Br)s2)cnc2[nH]ccc12. The number of H-pyrrole nitrogens is 1. The van der Waals surface area contributed by atoms with Gasteiger partial charge in [-0.3, -0.25) is 4.79 Å². The first-order valence-electron chi connectivity index (χ1n) is 7.26. The summed E-state index contributed by atoms with van der Waals surface area (Å²) in [6.07, 6.45) is 3.88. The van der Waals surface area contributed by atoms with Gasteiger partial charge in [0.25, 0.3) is 0 Å². The number of fused-ring (bicyclic) bond motifs is 1. The van der Waals surface area contributed by atoms with Gasteiger partial charge in [-0.25, -0.2) is 4.98 Å². The molecule has 0 aliphatic rings. The summed E-state index contributed by atoms with van der Waals surface area (Å²) in [5.74, 6) is -0.0275. The molecular weight excluding hydrogens is 376 g/mol. The third kappa shape index (κ3) is 3.46. The molecule has 3 rings (SSSR count). The molecule has 3 heterocycles. The topological polar surface area (TPSA) is 83.8 Å². The summed E-state index contributed by atoms with van der Waals surface area (Å²) in [5, 5.41) is 3.97. The number of aromatic nitrogens is 2. The van der Waals surface area contributed by atoms with Crippen LogP contribution in [-0.2, 0) is 4.79 Å². The molecule has 0 aliphatic heterocycles. The van der Waals surface area contributed by atoms with E-state index in [9.17, 15) is 4.79 Å². The van der Waals surface area contributed by atoms with E-state index >= 15 is 0 Å². The largest absolute Gasteiger partial charge is 0.346 e. The molecule has 1 unspecified atom stereocenters. The standard InChI is InChI=1S/C16H17BrN4OS/c1-9-11-4-5-19-16(11)20-8-12(9)21-15(22)6-10(7-18)13-2-3-14(17)23-13/h2-5,8,10H,6-7,18H2,1H3,(H,19,20)(H,21,22). The Morgan fingerprint density at radius 2 is 2.30 bits per heavy atom. The summed E-state index contributed by atoms with van der Waals surface area (Å²) in [7, 11) is 0. The van der Waals surface area contributed by atoms with Crippen molar-refractivity contribution in [1.82, 2.24) is 9.97 Å². The lowest BCUT2D eigenvalue weighted by Gasteiger charge is -2.14. The number of pyridine rings is 1. The lowest BCUT2D eigenvalue weighted by Crippen LogP contribution is -2.20. The summed E-state index contributed by atoms with van der Waals surface area (Å²) in [6, 6.07) is 5.95. The van der Waals surface area contributed by atoms with E-state index in [1.807, 2.05) is 31.3 Å². The molecule has 3 aromatic rings. The van der Waals surface area contributed by atoms with Crippen molar-refractivity contribution in [1.29, 1.82) is 0 Å². The van der Waals surface area contributed by atoms with E-state index in [2.05, 4.69) is 31.2 Å².